The molecule has 0 spiro atoms. The van der Waals surface area contributed by atoms with Crippen LogP contribution in [0.4, 0.5) is 0 Å². The molecule has 0 N–H and O–H groups in total. The molecule has 6 heteroatoms. The van der Waals surface area contributed by atoms with Crippen LogP contribution in [0.25, 0.3) is 0 Å². The summed E-state index contributed by atoms with van der Waals surface area (Å²) in [4.78, 5) is 0.317. The average molecular weight is 431 g/mol. The van der Waals surface area contributed by atoms with Crippen molar-refractivity contribution >= 4 is 26.0 Å². The van der Waals surface area contributed by atoms with Crippen LogP contribution in [0.3, 0.4) is 0 Å². The Morgan fingerprint density at radius 3 is 2.35 bits per heavy atom. The molecule has 0 bridgehead atoms. The summed E-state index contributed by atoms with van der Waals surface area (Å²) in [5.74, 6) is 0. The van der Waals surface area contributed by atoms with E-state index < -0.39 is 10.0 Å². The second-order valence-corrected chi connectivity index (χ2v) is 9.32. The molecule has 0 saturated heterocycles. The highest BCUT2D eigenvalue weighted by molar-refractivity contribution is 9.10. The minimum atomic E-state index is -3.61. The molecule has 1 aromatic heterocycles. The summed E-state index contributed by atoms with van der Waals surface area (Å²) in [5.41, 5.74) is 3.14. The van der Waals surface area contributed by atoms with E-state index in [1.54, 1.807) is 28.6 Å². The lowest BCUT2D eigenvalue weighted by Crippen LogP contribution is -2.42. The Morgan fingerprint density at radius 2 is 1.65 bits per heavy atom. The number of halogens is 1. The Balaban J connectivity index is 1.83. The topological polar surface area (TPSA) is 42.3 Å². The molecule has 0 aliphatic carbocycles. The van der Waals surface area contributed by atoms with Gasteiger partial charge in [-0.3, -0.25) is 0 Å². The number of hydrogen-bond acceptors (Lipinski definition) is 2. The number of aryl methyl sites for hydroxylation is 1. The van der Waals surface area contributed by atoms with Gasteiger partial charge in [-0.15, -0.1) is 0 Å². The lowest BCUT2D eigenvalue weighted by atomic mass is 10.0. The standard InChI is InChI=1S/C20H19BrN2O2S/c1-15-4-6-16(7-5-15)20-19-3-2-12-22(19)13-14-23(20)26(24,25)18-10-8-17(21)9-11-18/h2-12,20H,13-14H2,1H3. The summed E-state index contributed by atoms with van der Waals surface area (Å²) in [6, 6.07) is 18.6. The minimum absolute atomic E-state index is 0.317. The third-order valence-corrected chi connectivity index (χ3v) is 7.21. The fourth-order valence-corrected chi connectivity index (χ4v) is 5.29. The van der Waals surface area contributed by atoms with E-state index in [1.807, 2.05) is 49.5 Å². The van der Waals surface area contributed by atoms with Gasteiger partial charge in [0.05, 0.1) is 10.9 Å². The average Bonchev–Trinajstić information content (AvgIpc) is 3.11. The molecular formula is C20H19BrN2O2S. The molecule has 1 unspecified atom stereocenters. The highest BCUT2D eigenvalue weighted by Crippen LogP contribution is 2.36. The van der Waals surface area contributed by atoms with Gasteiger partial charge in [-0.1, -0.05) is 45.8 Å². The van der Waals surface area contributed by atoms with Crippen molar-refractivity contribution in [1.29, 1.82) is 0 Å². The number of nitrogens with zero attached hydrogens (tertiary/aromatic N) is 2. The molecule has 26 heavy (non-hydrogen) atoms. The molecule has 4 nitrogen and oxygen atoms in total. The smallest absolute Gasteiger partial charge is 0.244 e. The number of aromatic nitrogens is 1. The maximum Gasteiger partial charge on any atom is 0.244 e. The van der Waals surface area contributed by atoms with Crippen LogP contribution in [0.5, 0.6) is 0 Å². The van der Waals surface area contributed by atoms with Crippen LogP contribution in [-0.2, 0) is 16.6 Å². The van der Waals surface area contributed by atoms with E-state index in [9.17, 15) is 8.42 Å². The van der Waals surface area contributed by atoms with E-state index in [0.29, 0.717) is 18.0 Å². The summed E-state index contributed by atoms with van der Waals surface area (Å²) in [6.07, 6.45) is 2.01. The summed E-state index contributed by atoms with van der Waals surface area (Å²) in [7, 11) is -3.61. The van der Waals surface area contributed by atoms with Crippen LogP contribution in [0.15, 0.2) is 76.2 Å². The van der Waals surface area contributed by atoms with E-state index >= 15 is 0 Å². The largest absolute Gasteiger partial charge is 0.348 e. The van der Waals surface area contributed by atoms with Gasteiger partial charge in [0.15, 0.2) is 0 Å². The van der Waals surface area contributed by atoms with Gasteiger partial charge in [-0.05, 0) is 48.9 Å². The zero-order valence-electron chi connectivity index (χ0n) is 14.3. The molecule has 134 valence electrons. The molecule has 0 radical (unpaired) electrons. The van der Waals surface area contributed by atoms with Crippen molar-refractivity contribution in [2.45, 2.75) is 24.4 Å². The van der Waals surface area contributed by atoms with Crippen LogP contribution in [-0.4, -0.2) is 23.8 Å². The lowest BCUT2D eigenvalue weighted by Gasteiger charge is -2.36. The third-order valence-electron chi connectivity index (χ3n) is 4.81. The van der Waals surface area contributed by atoms with Crippen molar-refractivity contribution in [3.63, 3.8) is 0 Å². The molecule has 1 atom stereocenters. The van der Waals surface area contributed by atoms with Crippen LogP contribution in [0.1, 0.15) is 22.9 Å². The summed E-state index contributed by atoms with van der Waals surface area (Å²) < 4.78 is 31.4. The van der Waals surface area contributed by atoms with Crippen molar-refractivity contribution < 1.29 is 8.42 Å². The van der Waals surface area contributed by atoms with E-state index in [0.717, 1.165) is 21.3 Å². The van der Waals surface area contributed by atoms with Crippen molar-refractivity contribution in [2.75, 3.05) is 6.54 Å². The minimum Gasteiger partial charge on any atom is -0.348 e. The summed E-state index contributed by atoms with van der Waals surface area (Å²) in [5, 5.41) is 0. The van der Waals surface area contributed by atoms with Gasteiger partial charge in [0.25, 0.3) is 0 Å². The van der Waals surface area contributed by atoms with Crippen molar-refractivity contribution in [3.05, 3.63) is 88.2 Å². The van der Waals surface area contributed by atoms with E-state index in [4.69, 9.17) is 0 Å². The molecular weight excluding hydrogens is 412 g/mol. The molecule has 4 rings (SSSR count). The van der Waals surface area contributed by atoms with Crippen LogP contribution in [0, 0.1) is 6.92 Å². The van der Waals surface area contributed by atoms with Crippen LogP contribution < -0.4 is 0 Å². The summed E-state index contributed by atoms with van der Waals surface area (Å²) >= 11 is 3.37. The van der Waals surface area contributed by atoms with Crippen molar-refractivity contribution in [3.8, 4) is 0 Å². The van der Waals surface area contributed by atoms with Crippen molar-refractivity contribution in [1.82, 2.24) is 8.87 Å². The SMILES string of the molecule is Cc1ccc(C2c3cccn3CCN2S(=O)(=O)c2ccc(Br)cc2)cc1. The highest BCUT2D eigenvalue weighted by Gasteiger charge is 2.37. The molecule has 0 amide bonds. The van der Waals surface area contributed by atoms with E-state index in [2.05, 4.69) is 20.5 Å². The Kier molecular flexibility index (Phi) is 4.50. The van der Waals surface area contributed by atoms with Crippen molar-refractivity contribution in [2.24, 2.45) is 0 Å². The first-order chi connectivity index (χ1) is 12.5. The second kappa shape index (κ2) is 6.68. The Hall–Kier alpha value is -1.89. The highest BCUT2D eigenvalue weighted by atomic mass is 79.9. The molecule has 0 fully saturated rings. The number of rotatable bonds is 3. The second-order valence-electron chi connectivity index (χ2n) is 6.51. The molecule has 2 aromatic carbocycles. The van der Waals surface area contributed by atoms with Gasteiger partial charge in [-0.25, -0.2) is 8.42 Å². The van der Waals surface area contributed by atoms with Gasteiger partial charge in [0, 0.05) is 29.5 Å². The zero-order valence-corrected chi connectivity index (χ0v) is 16.7. The quantitative estimate of drug-likeness (QED) is 0.619. The summed E-state index contributed by atoms with van der Waals surface area (Å²) in [6.45, 7) is 3.13. The van der Waals surface area contributed by atoms with E-state index in [1.165, 1.54) is 0 Å². The Bertz CT molecular complexity index is 1020. The van der Waals surface area contributed by atoms with Crippen LogP contribution >= 0.6 is 15.9 Å². The number of hydrogen-bond donors (Lipinski definition) is 0. The van der Waals surface area contributed by atoms with Gasteiger partial charge in [-0.2, -0.15) is 4.31 Å². The first-order valence-electron chi connectivity index (χ1n) is 8.46. The molecule has 1 aliphatic rings. The van der Waals surface area contributed by atoms with Gasteiger partial charge < -0.3 is 4.57 Å². The predicted molar refractivity (Wildman–Crippen MR) is 105 cm³/mol. The predicted octanol–water partition coefficient (Wildman–Crippen LogP) is 4.35. The number of benzene rings is 2. The molecule has 0 saturated carbocycles. The maximum atomic E-state index is 13.4. The van der Waals surface area contributed by atoms with Crippen LogP contribution in [0.2, 0.25) is 0 Å². The monoisotopic (exact) mass is 430 g/mol. The number of sulfonamides is 1. The number of fused-ring (bicyclic) bond motifs is 1. The normalized spacial score (nSPS) is 17.8. The molecule has 3 aromatic rings. The maximum absolute atomic E-state index is 13.4. The fraction of sp³-hybridized carbons (Fsp3) is 0.200. The Morgan fingerprint density at radius 1 is 0.962 bits per heavy atom. The zero-order chi connectivity index (χ0) is 18.3. The first kappa shape index (κ1) is 17.5. The van der Waals surface area contributed by atoms with E-state index in [-0.39, 0.29) is 6.04 Å². The van der Waals surface area contributed by atoms with Gasteiger partial charge >= 0.3 is 0 Å². The first-order valence-corrected chi connectivity index (χ1v) is 10.7. The third kappa shape index (κ3) is 3.02. The Labute approximate surface area is 162 Å². The molecule has 2 heterocycles. The van der Waals surface area contributed by atoms with Gasteiger partial charge in [0.2, 0.25) is 10.0 Å². The molecule has 1 aliphatic heterocycles. The lowest BCUT2D eigenvalue weighted by molar-refractivity contribution is 0.298. The fourth-order valence-electron chi connectivity index (χ4n) is 3.45. The van der Waals surface area contributed by atoms with Gasteiger partial charge in [0.1, 0.15) is 0 Å².